The Balaban J connectivity index is 2.80. The Labute approximate surface area is 145 Å². The van der Waals surface area contributed by atoms with Crippen molar-refractivity contribution in [2.24, 2.45) is 27.9 Å². The maximum atomic E-state index is 11.8. The highest BCUT2D eigenvalue weighted by Gasteiger charge is 2.46. The smallest absolute Gasteiger partial charge is 0.313 e. The van der Waals surface area contributed by atoms with Gasteiger partial charge in [0, 0.05) is 0 Å². The van der Waals surface area contributed by atoms with E-state index in [-0.39, 0.29) is 11.8 Å². The first-order valence-electron chi connectivity index (χ1n) is 7.49. The SMILES string of the molecule is N=C(N)C(NC(N)=O)(c1ccccc1)C(N=C(N)N)c1ccccc1. The van der Waals surface area contributed by atoms with Crippen LogP contribution in [0.2, 0.25) is 0 Å². The number of urea groups is 1. The molecule has 0 fully saturated rings. The van der Waals surface area contributed by atoms with Crippen molar-refractivity contribution in [3.05, 3.63) is 71.8 Å². The molecular weight excluding hydrogens is 318 g/mol. The van der Waals surface area contributed by atoms with Crippen LogP contribution in [0.25, 0.3) is 0 Å². The molecule has 2 unspecified atom stereocenters. The molecule has 2 aromatic rings. The van der Waals surface area contributed by atoms with Gasteiger partial charge in [0.1, 0.15) is 11.9 Å². The predicted molar refractivity (Wildman–Crippen MR) is 97.7 cm³/mol. The summed E-state index contributed by atoms with van der Waals surface area (Å²) in [6.07, 6.45) is 0. The summed E-state index contributed by atoms with van der Waals surface area (Å²) in [5.41, 5.74) is 22.2. The lowest BCUT2D eigenvalue weighted by molar-refractivity contribution is 0.237. The number of carbonyl (C=O) groups is 1. The van der Waals surface area contributed by atoms with Gasteiger partial charge in [0.25, 0.3) is 0 Å². The Bertz CT molecular complexity index is 772. The number of aliphatic imine (C=N–C) groups is 1. The van der Waals surface area contributed by atoms with E-state index in [4.69, 9.17) is 28.3 Å². The normalized spacial score (nSPS) is 13.9. The van der Waals surface area contributed by atoms with Crippen molar-refractivity contribution in [1.29, 1.82) is 5.41 Å². The Morgan fingerprint density at radius 3 is 1.92 bits per heavy atom. The molecule has 2 atom stereocenters. The second-order valence-electron chi connectivity index (χ2n) is 5.44. The molecule has 0 radical (unpaired) electrons. The third kappa shape index (κ3) is 3.69. The summed E-state index contributed by atoms with van der Waals surface area (Å²) in [5.74, 6) is -0.557. The molecule has 0 bridgehead atoms. The van der Waals surface area contributed by atoms with E-state index in [0.29, 0.717) is 11.1 Å². The molecule has 25 heavy (non-hydrogen) atoms. The van der Waals surface area contributed by atoms with Crippen molar-refractivity contribution in [1.82, 2.24) is 5.32 Å². The number of amidine groups is 1. The van der Waals surface area contributed by atoms with Gasteiger partial charge in [-0.25, -0.2) is 9.79 Å². The van der Waals surface area contributed by atoms with Crippen LogP contribution < -0.4 is 28.3 Å². The number of guanidine groups is 1. The zero-order valence-corrected chi connectivity index (χ0v) is 13.5. The van der Waals surface area contributed by atoms with Gasteiger partial charge in [-0.1, -0.05) is 60.7 Å². The second-order valence-corrected chi connectivity index (χ2v) is 5.44. The number of primary amides is 1. The van der Waals surface area contributed by atoms with E-state index < -0.39 is 17.6 Å². The van der Waals surface area contributed by atoms with Crippen LogP contribution in [-0.4, -0.2) is 17.8 Å². The van der Waals surface area contributed by atoms with E-state index in [9.17, 15) is 4.79 Å². The van der Waals surface area contributed by atoms with Gasteiger partial charge in [0.05, 0.1) is 0 Å². The lowest BCUT2D eigenvalue weighted by Crippen LogP contribution is -2.59. The molecule has 8 nitrogen and oxygen atoms in total. The molecule has 0 heterocycles. The molecule has 130 valence electrons. The van der Waals surface area contributed by atoms with E-state index in [1.165, 1.54) is 0 Å². The van der Waals surface area contributed by atoms with Crippen LogP contribution in [0.1, 0.15) is 17.2 Å². The molecule has 0 saturated carbocycles. The van der Waals surface area contributed by atoms with Crippen molar-refractivity contribution >= 4 is 17.8 Å². The molecule has 0 aliphatic carbocycles. The van der Waals surface area contributed by atoms with Crippen LogP contribution >= 0.6 is 0 Å². The number of nitrogens with one attached hydrogen (secondary N) is 2. The minimum Gasteiger partial charge on any atom is -0.385 e. The van der Waals surface area contributed by atoms with E-state index >= 15 is 0 Å². The van der Waals surface area contributed by atoms with Gasteiger partial charge in [-0.3, -0.25) is 5.41 Å². The fraction of sp³-hybridized carbons (Fsp3) is 0.118. The number of nitrogens with zero attached hydrogens (tertiary/aromatic N) is 1. The molecule has 8 heteroatoms. The molecular formula is C17H21N7O. The van der Waals surface area contributed by atoms with Gasteiger partial charge in [0.2, 0.25) is 0 Å². The zero-order chi connectivity index (χ0) is 18.4. The minimum atomic E-state index is -1.54. The van der Waals surface area contributed by atoms with Gasteiger partial charge in [-0.15, -0.1) is 0 Å². The van der Waals surface area contributed by atoms with Crippen molar-refractivity contribution in [2.75, 3.05) is 0 Å². The Hall–Kier alpha value is -3.55. The molecule has 0 spiro atoms. The number of benzene rings is 2. The number of hydrogen-bond acceptors (Lipinski definition) is 3. The quantitative estimate of drug-likeness (QED) is 0.333. The lowest BCUT2D eigenvalue weighted by Gasteiger charge is -2.38. The van der Waals surface area contributed by atoms with Crippen LogP contribution in [0, 0.1) is 5.41 Å². The summed E-state index contributed by atoms with van der Waals surface area (Å²) in [5, 5.41) is 10.8. The summed E-state index contributed by atoms with van der Waals surface area (Å²) >= 11 is 0. The molecule has 2 amide bonds. The van der Waals surface area contributed by atoms with Gasteiger partial charge >= 0.3 is 6.03 Å². The maximum Gasteiger partial charge on any atom is 0.313 e. The first-order chi connectivity index (χ1) is 11.9. The fourth-order valence-electron chi connectivity index (χ4n) is 2.77. The summed E-state index contributed by atoms with van der Waals surface area (Å²) in [7, 11) is 0. The lowest BCUT2D eigenvalue weighted by atomic mass is 9.78. The van der Waals surface area contributed by atoms with Crippen LogP contribution in [0.5, 0.6) is 0 Å². The topological polar surface area (TPSA) is 169 Å². The summed E-state index contributed by atoms with van der Waals surface area (Å²) in [4.78, 5) is 16.0. The number of nitrogens with two attached hydrogens (primary N) is 4. The highest BCUT2D eigenvalue weighted by Crippen LogP contribution is 2.38. The van der Waals surface area contributed by atoms with Crippen molar-refractivity contribution in [3.8, 4) is 0 Å². The first kappa shape index (κ1) is 17.8. The summed E-state index contributed by atoms with van der Waals surface area (Å²) in [6, 6.07) is 16.0. The van der Waals surface area contributed by atoms with Gasteiger partial charge in [-0.05, 0) is 11.1 Å². The maximum absolute atomic E-state index is 11.8. The van der Waals surface area contributed by atoms with E-state index in [2.05, 4.69) is 10.3 Å². The minimum absolute atomic E-state index is 0.207. The summed E-state index contributed by atoms with van der Waals surface area (Å²) < 4.78 is 0. The molecule has 0 aromatic heterocycles. The molecule has 0 aliphatic heterocycles. The number of carbonyl (C=O) groups excluding carboxylic acids is 1. The number of hydrogen-bond donors (Lipinski definition) is 6. The third-order valence-electron chi connectivity index (χ3n) is 3.78. The third-order valence-corrected chi connectivity index (χ3v) is 3.78. The van der Waals surface area contributed by atoms with E-state index in [1.807, 2.05) is 6.07 Å². The average molecular weight is 339 g/mol. The fourth-order valence-corrected chi connectivity index (χ4v) is 2.77. The Morgan fingerprint density at radius 1 is 0.960 bits per heavy atom. The highest BCUT2D eigenvalue weighted by molar-refractivity contribution is 5.94. The van der Waals surface area contributed by atoms with Crippen LogP contribution in [-0.2, 0) is 5.54 Å². The zero-order valence-electron chi connectivity index (χ0n) is 13.5. The van der Waals surface area contributed by atoms with E-state index in [1.54, 1.807) is 54.6 Å². The number of amides is 2. The predicted octanol–water partition coefficient (Wildman–Crippen LogP) is 0.501. The molecule has 2 aromatic carbocycles. The number of rotatable bonds is 6. The van der Waals surface area contributed by atoms with Crippen molar-refractivity contribution in [3.63, 3.8) is 0 Å². The van der Waals surface area contributed by atoms with Gasteiger partial charge < -0.3 is 28.3 Å². The molecule has 0 aliphatic rings. The Morgan fingerprint density at radius 2 is 1.48 bits per heavy atom. The molecule has 0 saturated heterocycles. The van der Waals surface area contributed by atoms with Crippen LogP contribution in [0.15, 0.2) is 65.7 Å². The largest absolute Gasteiger partial charge is 0.385 e. The van der Waals surface area contributed by atoms with E-state index in [0.717, 1.165) is 0 Å². The van der Waals surface area contributed by atoms with Crippen molar-refractivity contribution < 1.29 is 4.79 Å². The summed E-state index contributed by atoms with van der Waals surface area (Å²) in [6.45, 7) is 0. The molecule has 10 N–H and O–H groups in total. The van der Waals surface area contributed by atoms with Crippen LogP contribution in [0.3, 0.4) is 0 Å². The Kier molecular flexibility index (Phi) is 5.23. The average Bonchev–Trinajstić information content (AvgIpc) is 2.58. The highest BCUT2D eigenvalue weighted by atomic mass is 16.2. The first-order valence-corrected chi connectivity index (χ1v) is 7.49. The van der Waals surface area contributed by atoms with Gasteiger partial charge in [0.15, 0.2) is 11.5 Å². The monoisotopic (exact) mass is 339 g/mol. The van der Waals surface area contributed by atoms with Crippen molar-refractivity contribution in [2.45, 2.75) is 11.6 Å². The second kappa shape index (κ2) is 7.35. The standard InChI is InChI=1S/C17H21N7O/c18-14(19)17(24-16(22)25,12-9-5-2-6-10-12)13(23-15(20)21)11-7-3-1-4-8-11/h1-10,13H,(H3,18,19)(H4,20,21,23)(H3,22,24,25). The van der Waals surface area contributed by atoms with Crippen LogP contribution in [0.4, 0.5) is 4.79 Å². The van der Waals surface area contributed by atoms with Gasteiger partial charge in [-0.2, -0.15) is 0 Å². The molecule has 2 rings (SSSR count).